The maximum atomic E-state index is 13.2. The highest BCUT2D eigenvalue weighted by molar-refractivity contribution is 6.31. The largest absolute Gasteiger partial charge is 0.397 e. The van der Waals surface area contributed by atoms with Crippen LogP contribution in [0.5, 0.6) is 0 Å². The van der Waals surface area contributed by atoms with E-state index in [0.717, 1.165) is 0 Å². The number of hydrogen-bond acceptors (Lipinski definition) is 3. The number of nitrogens with two attached hydrogens (primary N) is 1. The average Bonchev–Trinajstić information content (AvgIpc) is 2.28. The summed E-state index contributed by atoms with van der Waals surface area (Å²) < 4.78 is 13.2. The highest BCUT2D eigenvalue weighted by atomic mass is 35.5. The summed E-state index contributed by atoms with van der Waals surface area (Å²) >= 11 is 5.73. The molecule has 1 aliphatic heterocycles. The summed E-state index contributed by atoms with van der Waals surface area (Å²) in [6.07, 6.45) is 0. The molecule has 1 aromatic rings. The van der Waals surface area contributed by atoms with Crippen LogP contribution < -0.4 is 16.0 Å². The Hall–Kier alpha value is -1.49. The van der Waals surface area contributed by atoms with Crippen LogP contribution in [-0.4, -0.2) is 25.0 Å². The van der Waals surface area contributed by atoms with Crippen molar-refractivity contribution >= 4 is 28.9 Å². The number of piperazine rings is 1. The van der Waals surface area contributed by atoms with Gasteiger partial charge in [0, 0.05) is 19.2 Å². The number of anilines is 2. The van der Waals surface area contributed by atoms with Gasteiger partial charge in [-0.15, -0.1) is 0 Å². The zero-order valence-corrected chi connectivity index (χ0v) is 10.1. The zero-order valence-electron chi connectivity index (χ0n) is 9.34. The first kappa shape index (κ1) is 12.0. The van der Waals surface area contributed by atoms with Crippen LogP contribution in [0.3, 0.4) is 0 Å². The third-order valence-corrected chi connectivity index (χ3v) is 3.17. The van der Waals surface area contributed by atoms with Gasteiger partial charge in [0.1, 0.15) is 11.9 Å². The van der Waals surface area contributed by atoms with E-state index in [0.29, 0.717) is 18.8 Å². The number of carbonyl (C=O) groups is 1. The van der Waals surface area contributed by atoms with E-state index >= 15 is 0 Å². The van der Waals surface area contributed by atoms with Crippen LogP contribution in [0.2, 0.25) is 5.02 Å². The standard InChI is InChI=1S/C11H13ClFN3O/c1-6-11(17)15-2-3-16(6)10-4-7(12)8(13)5-9(10)14/h4-6H,2-3,14H2,1H3,(H,15,17). The first-order valence-corrected chi connectivity index (χ1v) is 5.67. The van der Waals surface area contributed by atoms with E-state index in [9.17, 15) is 9.18 Å². The van der Waals surface area contributed by atoms with Gasteiger partial charge in [-0.2, -0.15) is 0 Å². The number of nitrogens with one attached hydrogen (secondary N) is 1. The van der Waals surface area contributed by atoms with E-state index < -0.39 is 5.82 Å². The Morgan fingerprint density at radius 2 is 2.29 bits per heavy atom. The van der Waals surface area contributed by atoms with Crippen molar-refractivity contribution in [2.45, 2.75) is 13.0 Å². The van der Waals surface area contributed by atoms with Crippen LogP contribution in [-0.2, 0) is 4.79 Å². The first-order chi connectivity index (χ1) is 8.00. The van der Waals surface area contributed by atoms with Crippen molar-refractivity contribution in [1.29, 1.82) is 0 Å². The van der Waals surface area contributed by atoms with Gasteiger partial charge < -0.3 is 16.0 Å². The van der Waals surface area contributed by atoms with Gasteiger partial charge >= 0.3 is 0 Å². The lowest BCUT2D eigenvalue weighted by Crippen LogP contribution is -2.54. The summed E-state index contributed by atoms with van der Waals surface area (Å²) in [6.45, 7) is 2.93. The Kier molecular flexibility index (Phi) is 3.11. The number of nitrogen functional groups attached to an aromatic ring is 1. The summed E-state index contributed by atoms with van der Waals surface area (Å²) in [6, 6.07) is 2.30. The minimum absolute atomic E-state index is 0.00683. The van der Waals surface area contributed by atoms with E-state index in [1.807, 2.05) is 4.90 Å². The molecule has 0 spiro atoms. The van der Waals surface area contributed by atoms with Crippen LogP contribution in [0.15, 0.2) is 12.1 Å². The Bertz CT molecular complexity index is 466. The fraction of sp³-hybridized carbons (Fsp3) is 0.364. The molecule has 1 amide bonds. The molecule has 1 aliphatic rings. The van der Waals surface area contributed by atoms with Crippen LogP contribution >= 0.6 is 11.6 Å². The second-order valence-corrected chi connectivity index (χ2v) is 4.39. The molecule has 4 nitrogen and oxygen atoms in total. The first-order valence-electron chi connectivity index (χ1n) is 5.29. The van der Waals surface area contributed by atoms with Crippen LogP contribution in [0.25, 0.3) is 0 Å². The van der Waals surface area contributed by atoms with Crippen molar-refractivity contribution in [3.8, 4) is 0 Å². The van der Waals surface area contributed by atoms with Gasteiger partial charge in [-0.25, -0.2) is 4.39 Å². The molecule has 1 heterocycles. The monoisotopic (exact) mass is 257 g/mol. The summed E-state index contributed by atoms with van der Waals surface area (Å²) in [5, 5.41) is 2.76. The van der Waals surface area contributed by atoms with Crippen molar-refractivity contribution < 1.29 is 9.18 Å². The predicted octanol–water partition coefficient (Wildman–Crippen LogP) is 1.39. The summed E-state index contributed by atoms with van der Waals surface area (Å²) in [4.78, 5) is 13.4. The van der Waals surface area contributed by atoms with Crippen molar-refractivity contribution in [2.75, 3.05) is 23.7 Å². The Morgan fingerprint density at radius 1 is 1.59 bits per heavy atom. The fourth-order valence-electron chi connectivity index (χ4n) is 1.91. The van der Waals surface area contributed by atoms with E-state index in [1.165, 1.54) is 12.1 Å². The number of benzene rings is 1. The number of carbonyl (C=O) groups excluding carboxylic acids is 1. The van der Waals surface area contributed by atoms with E-state index in [-0.39, 0.29) is 22.7 Å². The maximum Gasteiger partial charge on any atom is 0.242 e. The Morgan fingerprint density at radius 3 is 3.00 bits per heavy atom. The second-order valence-electron chi connectivity index (χ2n) is 3.99. The number of amides is 1. The minimum atomic E-state index is -0.554. The maximum absolute atomic E-state index is 13.2. The van der Waals surface area contributed by atoms with Gasteiger partial charge in [0.15, 0.2) is 0 Å². The van der Waals surface area contributed by atoms with Crippen molar-refractivity contribution in [3.63, 3.8) is 0 Å². The van der Waals surface area contributed by atoms with Gasteiger partial charge in [0.25, 0.3) is 0 Å². The molecular weight excluding hydrogens is 245 g/mol. The molecule has 17 heavy (non-hydrogen) atoms. The smallest absolute Gasteiger partial charge is 0.242 e. The highest BCUT2D eigenvalue weighted by Gasteiger charge is 2.27. The predicted molar refractivity (Wildman–Crippen MR) is 65.6 cm³/mol. The summed E-state index contributed by atoms with van der Waals surface area (Å²) in [7, 11) is 0. The van der Waals surface area contributed by atoms with Crippen LogP contribution in [0, 0.1) is 5.82 Å². The quantitative estimate of drug-likeness (QED) is 0.748. The van der Waals surface area contributed by atoms with E-state index in [1.54, 1.807) is 6.92 Å². The van der Waals surface area contributed by atoms with Gasteiger partial charge in [0.2, 0.25) is 5.91 Å². The van der Waals surface area contributed by atoms with Gasteiger partial charge in [0.05, 0.1) is 16.4 Å². The van der Waals surface area contributed by atoms with Crippen molar-refractivity contribution in [1.82, 2.24) is 5.32 Å². The summed E-state index contributed by atoms with van der Waals surface area (Å²) in [5.41, 5.74) is 6.64. The van der Waals surface area contributed by atoms with Crippen LogP contribution in [0.1, 0.15) is 6.92 Å². The molecule has 0 bridgehead atoms. The minimum Gasteiger partial charge on any atom is -0.397 e. The van der Waals surface area contributed by atoms with Gasteiger partial charge in [-0.3, -0.25) is 4.79 Å². The molecule has 1 saturated heterocycles. The Labute approximate surface area is 104 Å². The number of rotatable bonds is 1. The van der Waals surface area contributed by atoms with E-state index in [4.69, 9.17) is 17.3 Å². The van der Waals surface area contributed by atoms with Crippen molar-refractivity contribution in [3.05, 3.63) is 23.0 Å². The molecule has 0 radical (unpaired) electrons. The summed E-state index contributed by atoms with van der Waals surface area (Å²) in [5.74, 6) is -0.627. The highest BCUT2D eigenvalue weighted by Crippen LogP contribution is 2.31. The van der Waals surface area contributed by atoms with E-state index in [2.05, 4.69) is 5.32 Å². The molecule has 3 N–H and O–H groups in total. The molecule has 6 heteroatoms. The SMILES string of the molecule is CC1C(=O)NCCN1c1cc(Cl)c(F)cc1N. The number of hydrogen-bond donors (Lipinski definition) is 2. The number of halogens is 2. The topological polar surface area (TPSA) is 58.4 Å². The normalized spacial score (nSPS) is 20.3. The van der Waals surface area contributed by atoms with Crippen LogP contribution in [0.4, 0.5) is 15.8 Å². The molecule has 1 fully saturated rings. The third-order valence-electron chi connectivity index (χ3n) is 2.88. The molecule has 1 atom stereocenters. The lowest BCUT2D eigenvalue weighted by atomic mass is 10.1. The average molecular weight is 258 g/mol. The van der Waals surface area contributed by atoms with Crippen molar-refractivity contribution in [2.24, 2.45) is 0 Å². The molecule has 2 rings (SSSR count). The third kappa shape index (κ3) is 2.15. The molecular formula is C11H13ClFN3O. The molecule has 1 aromatic carbocycles. The second kappa shape index (κ2) is 4.41. The fourth-order valence-corrected chi connectivity index (χ4v) is 2.07. The number of nitrogens with zero attached hydrogens (tertiary/aromatic N) is 1. The lowest BCUT2D eigenvalue weighted by Gasteiger charge is -2.35. The Balaban J connectivity index is 2.39. The zero-order chi connectivity index (χ0) is 12.6. The molecule has 0 aliphatic carbocycles. The molecule has 1 unspecified atom stereocenters. The van der Waals surface area contributed by atoms with Gasteiger partial charge in [-0.1, -0.05) is 11.6 Å². The lowest BCUT2D eigenvalue weighted by molar-refractivity contribution is -0.122. The van der Waals surface area contributed by atoms with Gasteiger partial charge in [-0.05, 0) is 13.0 Å². The molecule has 0 aromatic heterocycles. The molecule has 0 saturated carbocycles. The molecule has 92 valence electrons.